The zero-order valence-corrected chi connectivity index (χ0v) is 10.9. The van der Waals surface area contributed by atoms with Gasteiger partial charge in [-0.2, -0.15) is 0 Å². The van der Waals surface area contributed by atoms with Crippen LogP contribution in [0.3, 0.4) is 0 Å². The number of hydrogen-bond donors (Lipinski definition) is 1. The van der Waals surface area contributed by atoms with Gasteiger partial charge in [-0.05, 0) is 43.9 Å². The Morgan fingerprint density at radius 3 is 2.29 bits per heavy atom. The first-order valence-electron chi connectivity index (χ1n) is 6.53. The van der Waals surface area contributed by atoms with E-state index in [1.807, 2.05) is 6.92 Å². The summed E-state index contributed by atoms with van der Waals surface area (Å²) in [5.41, 5.74) is 1.62. The molecule has 3 nitrogen and oxygen atoms in total. The van der Waals surface area contributed by atoms with Gasteiger partial charge < -0.3 is 5.11 Å². The van der Waals surface area contributed by atoms with Gasteiger partial charge >= 0.3 is 0 Å². The molecule has 0 aromatic carbocycles. The van der Waals surface area contributed by atoms with Gasteiger partial charge in [-0.1, -0.05) is 13.8 Å². The molecule has 94 valence electrons. The van der Waals surface area contributed by atoms with Crippen molar-refractivity contribution in [3.05, 3.63) is 23.8 Å². The van der Waals surface area contributed by atoms with Crippen molar-refractivity contribution in [2.45, 2.75) is 46.1 Å². The molecule has 1 aromatic rings. The maximum atomic E-state index is 10.4. The van der Waals surface area contributed by atoms with Crippen LogP contribution in [0.5, 0.6) is 0 Å². The van der Waals surface area contributed by atoms with Gasteiger partial charge in [-0.25, -0.2) is 0 Å². The maximum Gasteiger partial charge on any atom is 0.100 e. The smallest absolute Gasteiger partial charge is 0.100 e. The summed E-state index contributed by atoms with van der Waals surface area (Å²) in [4.78, 5) is 8.50. The zero-order chi connectivity index (χ0) is 12.4. The van der Waals surface area contributed by atoms with E-state index in [-0.39, 0.29) is 0 Å². The van der Waals surface area contributed by atoms with Gasteiger partial charge in [0.1, 0.15) is 6.10 Å². The number of aromatic nitrogens is 2. The molecular formula is C14H22N2O. The van der Waals surface area contributed by atoms with E-state index in [4.69, 9.17) is 0 Å². The highest BCUT2D eigenvalue weighted by Crippen LogP contribution is 2.39. The van der Waals surface area contributed by atoms with Crippen LogP contribution in [-0.2, 0) is 0 Å². The number of nitrogens with zero attached hydrogens (tertiary/aromatic N) is 2. The Morgan fingerprint density at radius 1 is 1.12 bits per heavy atom. The number of aliphatic hydroxyl groups excluding tert-OH is 1. The summed E-state index contributed by atoms with van der Waals surface area (Å²) in [5, 5.41) is 10.4. The second-order valence-electron chi connectivity index (χ2n) is 5.71. The molecule has 1 saturated carbocycles. The summed E-state index contributed by atoms with van der Waals surface area (Å²) in [6, 6.07) is 0. The van der Waals surface area contributed by atoms with E-state index in [0.29, 0.717) is 17.8 Å². The van der Waals surface area contributed by atoms with Gasteiger partial charge in [-0.3, -0.25) is 9.97 Å². The standard InChI is InChI=1S/C14H22N2O/c1-9-4-10(2)6-12(5-9)14(17)13-8-15-11(3)7-16-13/h7-10,12,14,17H,4-6H2,1-3H3. The SMILES string of the molecule is Cc1cnc(C(O)C2CC(C)CC(C)C2)cn1. The van der Waals surface area contributed by atoms with E-state index >= 15 is 0 Å². The van der Waals surface area contributed by atoms with Crippen molar-refractivity contribution < 1.29 is 5.11 Å². The fraction of sp³-hybridized carbons (Fsp3) is 0.714. The molecule has 1 N–H and O–H groups in total. The molecule has 3 heteroatoms. The predicted octanol–water partition coefficient (Wildman–Crippen LogP) is 2.89. The summed E-state index contributed by atoms with van der Waals surface area (Å²) in [5.74, 6) is 1.75. The Balaban J connectivity index is 2.08. The van der Waals surface area contributed by atoms with Crippen molar-refractivity contribution in [3.8, 4) is 0 Å². The van der Waals surface area contributed by atoms with Crippen LogP contribution < -0.4 is 0 Å². The summed E-state index contributed by atoms with van der Waals surface area (Å²) >= 11 is 0. The molecule has 1 aliphatic rings. The number of aryl methyl sites for hydroxylation is 1. The lowest BCUT2D eigenvalue weighted by Gasteiger charge is -2.34. The van der Waals surface area contributed by atoms with Crippen LogP contribution >= 0.6 is 0 Å². The predicted molar refractivity (Wildman–Crippen MR) is 67.4 cm³/mol. The second-order valence-corrected chi connectivity index (χ2v) is 5.71. The lowest BCUT2D eigenvalue weighted by atomic mass is 9.74. The van der Waals surface area contributed by atoms with Crippen molar-refractivity contribution in [1.29, 1.82) is 0 Å². The van der Waals surface area contributed by atoms with Gasteiger partial charge in [-0.15, -0.1) is 0 Å². The minimum atomic E-state index is -0.451. The fourth-order valence-corrected chi connectivity index (χ4v) is 3.06. The van der Waals surface area contributed by atoms with Crippen molar-refractivity contribution in [2.24, 2.45) is 17.8 Å². The van der Waals surface area contributed by atoms with Crippen LogP contribution in [0.4, 0.5) is 0 Å². The van der Waals surface area contributed by atoms with Gasteiger partial charge in [0.2, 0.25) is 0 Å². The Hall–Kier alpha value is -0.960. The van der Waals surface area contributed by atoms with Crippen LogP contribution in [-0.4, -0.2) is 15.1 Å². The van der Waals surface area contributed by atoms with Crippen molar-refractivity contribution in [2.75, 3.05) is 0 Å². The molecule has 1 aromatic heterocycles. The highest BCUT2D eigenvalue weighted by atomic mass is 16.3. The molecule has 0 saturated heterocycles. The average molecular weight is 234 g/mol. The molecule has 0 bridgehead atoms. The van der Waals surface area contributed by atoms with Gasteiger partial charge in [0, 0.05) is 6.20 Å². The van der Waals surface area contributed by atoms with Crippen molar-refractivity contribution in [3.63, 3.8) is 0 Å². The molecule has 1 fully saturated rings. The molecule has 17 heavy (non-hydrogen) atoms. The Morgan fingerprint density at radius 2 is 1.76 bits per heavy atom. The molecule has 1 heterocycles. The van der Waals surface area contributed by atoms with E-state index < -0.39 is 6.10 Å². The number of hydrogen-bond acceptors (Lipinski definition) is 3. The minimum Gasteiger partial charge on any atom is -0.386 e. The van der Waals surface area contributed by atoms with Crippen molar-refractivity contribution in [1.82, 2.24) is 9.97 Å². The lowest BCUT2D eigenvalue weighted by Crippen LogP contribution is -2.25. The number of rotatable bonds is 2. The number of aliphatic hydroxyl groups is 1. The largest absolute Gasteiger partial charge is 0.386 e. The van der Waals surface area contributed by atoms with Gasteiger partial charge in [0.05, 0.1) is 17.6 Å². The first-order valence-corrected chi connectivity index (χ1v) is 6.53. The molecule has 2 rings (SSSR count). The summed E-state index contributed by atoms with van der Waals surface area (Å²) in [7, 11) is 0. The molecule has 3 unspecified atom stereocenters. The molecular weight excluding hydrogens is 212 g/mol. The molecule has 0 aliphatic heterocycles. The summed E-state index contributed by atoms with van der Waals surface area (Å²) in [6.45, 7) is 6.46. The monoisotopic (exact) mass is 234 g/mol. The van der Waals surface area contributed by atoms with E-state index in [0.717, 1.165) is 24.2 Å². The topological polar surface area (TPSA) is 46.0 Å². The fourth-order valence-electron chi connectivity index (χ4n) is 3.06. The zero-order valence-electron chi connectivity index (χ0n) is 10.9. The molecule has 3 atom stereocenters. The lowest BCUT2D eigenvalue weighted by molar-refractivity contribution is 0.0519. The molecule has 1 aliphatic carbocycles. The summed E-state index contributed by atoms with van der Waals surface area (Å²) in [6.07, 6.45) is 6.47. The molecule has 0 spiro atoms. The maximum absolute atomic E-state index is 10.4. The normalized spacial score (nSPS) is 31.2. The van der Waals surface area contributed by atoms with Crippen LogP contribution in [0, 0.1) is 24.7 Å². The average Bonchev–Trinajstić information content (AvgIpc) is 2.28. The quantitative estimate of drug-likeness (QED) is 0.855. The van der Waals surface area contributed by atoms with Crippen LogP contribution in [0.25, 0.3) is 0 Å². The van der Waals surface area contributed by atoms with E-state index in [1.165, 1.54) is 6.42 Å². The van der Waals surface area contributed by atoms with Crippen LogP contribution in [0.15, 0.2) is 12.4 Å². The minimum absolute atomic E-state index is 0.339. The highest BCUT2D eigenvalue weighted by molar-refractivity contribution is 5.05. The van der Waals surface area contributed by atoms with Crippen LogP contribution in [0.2, 0.25) is 0 Å². The Kier molecular flexibility index (Phi) is 3.77. The Labute approximate surface area is 103 Å². The third kappa shape index (κ3) is 3.03. The third-order valence-corrected chi connectivity index (χ3v) is 3.77. The second kappa shape index (κ2) is 5.13. The molecule has 0 amide bonds. The van der Waals surface area contributed by atoms with Crippen molar-refractivity contribution >= 4 is 0 Å². The first-order chi connectivity index (χ1) is 8.06. The third-order valence-electron chi connectivity index (χ3n) is 3.77. The van der Waals surface area contributed by atoms with E-state index in [9.17, 15) is 5.11 Å². The van der Waals surface area contributed by atoms with E-state index in [2.05, 4.69) is 23.8 Å². The van der Waals surface area contributed by atoms with Crippen LogP contribution in [0.1, 0.15) is 50.6 Å². The van der Waals surface area contributed by atoms with E-state index in [1.54, 1.807) is 12.4 Å². The highest BCUT2D eigenvalue weighted by Gasteiger charge is 2.30. The summed E-state index contributed by atoms with van der Waals surface area (Å²) < 4.78 is 0. The van der Waals surface area contributed by atoms with Gasteiger partial charge in [0.25, 0.3) is 0 Å². The Bertz CT molecular complexity index is 353. The molecule has 0 radical (unpaired) electrons. The first kappa shape index (κ1) is 12.5. The van der Waals surface area contributed by atoms with Gasteiger partial charge in [0.15, 0.2) is 0 Å².